The summed E-state index contributed by atoms with van der Waals surface area (Å²) in [6, 6.07) is 5.70. The van der Waals surface area contributed by atoms with Gasteiger partial charge in [-0.3, -0.25) is 0 Å². The van der Waals surface area contributed by atoms with Crippen LogP contribution in [0.5, 0.6) is 0 Å². The molecule has 0 radical (unpaired) electrons. The van der Waals surface area contributed by atoms with E-state index in [9.17, 15) is 4.39 Å². The van der Waals surface area contributed by atoms with E-state index < -0.39 is 6.67 Å². The molecule has 0 nitrogen and oxygen atoms in total. The van der Waals surface area contributed by atoms with Crippen LogP contribution in [0.1, 0.15) is 36.5 Å². The van der Waals surface area contributed by atoms with E-state index in [1.807, 2.05) is 31.2 Å². The molecule has 0 amide bonds. The zero-order chi connectivity index (χ0) is 12.0. The molecule has 0 spiro atoms. The van der Waals surface area contributed by atoms with Gasteiger partial charge < -0.3 is 0 Å². The van der Waals surface area contributed by atoms with Gasteiger partial charge in [-0.05, 0) is 42.9 Å². The highest BCUT2D eigenvalue weighted by molar-refractivity contribution is 5.52. The Bertz CT molecular complexity index is 377. The van der Waals surface area contributed by atoms with E-state index in [-0.39, 0.29) is 0 Å². The quantitative estimate of drug-likeness (QED) is 0.607. The van der Waals surface area contributed by atoms with Gasteiger partial charge >= 0.3 is 0 Å². The SMILES string of the molecule is C=Cc1ccc(CF)cc1CCCC(=C)C. The Balaban J connectivity index is 2.75. The van der Waals surface area contributed by atoms with E-state index in [0.717, 1.165) is 30.4 Å². The summed E-state index contributed by atoms with van der Waals surface area (Å²) < 4.78 is 12.6. The number of halogens is 1. The van der Waals surface area contributed by atoms with Crippen molar-refractivity contribution in [1.29, 1.82) is 0 Å². The van der Waals surface area contributed by atoms with Crippen molar-refractivity contribution in [3.05, 3.63) is 53.6 Å². The van der Waals surface area contributed by atoms with Crippen molar-refractivity contribution < 1.29 is 4.39 Å². The number of rotatable bonds is 6. The van der Waals surface area contributed by atoms with Crippen molar-refractivity contribution in [2.75, 3.05) is 0 Å². The second kappa shape index (κ2) is 6.26. The number of hydrogen-bond donors (Lipinski definition) is 0. The Morgan fingerprint density at radius 1 is 1.44 bits per heavy atom. The van der Waals surface area contributed by atoms with Crippen molar-refractivity contribution in [2.45, 2.75) is 32.9 Å². The molecule has 0 heterocycles. The molecule has 0 N–H and O–H groups in total. The third-order valence-corrected chi connectivity index (χ3v) is 2.63. The second-order valence-electron chi connectivity index (χ2n) is 4.18. The summed E-state index contributed by atoms with van der Waals surface area (Å²) >= 11 is 0. The summed E-state index contributed by atoms with van der Waals surface area (Å²) in [5, 5.41) is 0. The van der Waals surface area contributed by atoms with Gasteiger partial charge in [-0.15, -0.1) is 6.58 Å². The fourth-order valence-electron chi connectivity index (χ4n) is 1.74. The molecule has 0 aliphatic heterocycles. The minimum atomic E-state index is -0.398. The molecule has 0 aliphatic rings. The topological polar surface area (TPSA) is 0 Å². The smallest absolute Gasteiger partial charge is 0.115 e. The Kier molecular flexibility index (Phi) is 4.97. The van der Waals surface area contributed by atoms with E-state index in [1.165, 1.54) is 11.1 Å². The van der Waals surface area contributed by atoms with Gasteiger partial charge in [-0.2, -0.15) is 0 Å². The van der Waals surface area contributed by atoms with Crippen molar-refractivity contribution in [3.63, 3.8) is 0 Å². The van der Waals surface area contributed by atoms with E-state index in [1.54, 1.807) is 0 Å². The summed E-state index contributed by atoms with van der Waals surface area (Å²) in [4.78, 5) is 0. The molecule has 0 fully saturated rings. The van der Waals surface area contributed by atoms with Gasteiger partial charge in [0.25, 0.3) is 0 Å². The summed E-state index contributed by atoms with van der Waals surface area (Å²) in [5.41, 5.74) is 4.24. The van der Waals surface area contributed by atoms with Crippen LogP contribution in [0.4, 0.5) is 4.39 Å². The molecule has 0 atom stereocenters. The zero-order valence-electron chi connectivity index (χ0n) is 9.93. The molecule has 16 heavy (non-hydrogen) atoms. The normalized spacial score (nSPS) is 10.1. The lowest BCUT2D eigenvalue weighted by atomic mass is 9.98. The molecule has 0 aromatic heterocycles. The van der Waals surface area contributed by atoms with Crippen LogP contribution in [0.25, 0.3) is 6.08 Å². The minimum Gasteiger partial charge on any atom is -0.246 e. The van der Waals surface area contributed by atoms with Gasteiger partial charge in [0.15, 0.2) is 0 Å². The van der Waals surface area contributed by atoms with Gasteiger partial charge in [0.2, 0.25) is 0 Å². The number of benzene rings is 1. The van der Waals surface area contributed by atoms with Gasteiger partial charge in [0, 0.05) is 0 Å². The van der Waals surface area contributed by atoms with Crippen LogP contribution in [0.2, 0.25) is 0 Å². The van der Waals surface area contributed by atoms with E-state index >= 15 is 0 Å². The van der Waals surface area contributed by atoms with Crippen molar-refractivity contribution in [2.24, 2.45) is 0 Å². The average Bonchev–Trinajstić information content (AvgIpc) is 2.28. The van der Waals surface area contributed by atoms with Crippen LogP contribution >= 0.6 is 0 Å². The third kappa shape index (κ3) is 3.65. The van der Waals surface area contributed by atoms with Gasteiger partial charge in [0.05, 0.1) is 0 Å². The molecule has 1 aromatic carbocycles. The fourth-order valence-corrected chi connectivity index (χ4v) is 1.74. The first kappa shape index (κ1) is 12.7. The summed E-state index contributed by atoms with van der Waals surface area (Å²) in [6.45, 7) is 9.30. The lowest BCUT2D eigenvalue weighted by molar-refractivity contribution is 0.485. The first-order chi connectivity index (χ1) is 7.67. The fraction of sp³-hybridized carbons (Fsp3) is 0.333. The monoisotopic (exact) mass is 218 g/mol. The van der Waals surface area contributed by atoms with Gasteiger partial charge in [-0.1, -0.05) is 36.4 Å². The molecular formula is C15H19F. The predicted octanol–water partition coefficient (Wildman–Crippen LogP) is 4.70. The number of aryl methyl sites for hydroxylation is 1. The van der Waals surface area contributed by atoms with Crippen LogP contribution in [-0.2, 0) is 13.1 Å². The van der Waals surface area contributed by atoms with Crippen molar-refractivity contribution in [3.8, 4) is 0 Å². The van der Waals surface area contributed by atoms with Crippen LogP contribution in [0, 0.1) is 0 Å². The third-order valence-electron chi connectivity index (χ3n) is 2.63. The summed E-state index contributed by atoms with van der Waals surface area (Å²) in [5.74, 6) is 0. The van der Waals surface area contributed by atoms with Crippen LogP contribution in [0.15, 0.2) is 36.9 Å². The largest absolute Gasteiger partial charge is 0.246 e. The molecule has 86 valence electrons. The average molecular weight is 218 g/mol. The lowest BCUT2D eigenvalue weighted by Gasteiger charge is -2.08. The van der Waals surface area contributed by atoms with E-state index in [4.69, 9.17) is 0 Å². The second-order valence-corrected chi connectivity index (χ2v) is 4.18. The Labute approximate surface area is 97.5 Å². The van der Waals surface area contributed by atoms with Crippen LogP contribution < -0.4 is 0 Å². The molecular weight excluding hydrogens is 199 g/mol. The predicted molar refractivity (Wildman–Crippen MR) is 69.1 cm³/mol. The maximum atomic E-state index is 12.6. The van der Waals surface area contributed by atoms with E-state index in [0.29, 0.717) is 0 Å². The van der Waals surface area contributed by atoms with Crippen molar-refractivity contribution in [1.82, 2.24) is 0 Å². The molecule has 0 bridgehead atoms. The minimum absolute atomic E-state index is 0.398. The number of hydrogen-bond acceptors (Lipinski definition) is 0. The zero-order valence-corrected chi connectivity index (χ0v) is 9.93. The molecule has 1 heteroatoms. The Hall–Kier alpha value is -1.37. The number of alkyl halides is 1. The first-order valence-electron chi connectivity index (χ1n) is 5.62. The highest BCUT2D eigenvalue weighted by atomic mass is 19.1. The first-order valence-corrected chi connectivity index (χ1v) is 5.62. The number of allylic oxidation sites excluding steroid dienone is 1. The van der Waals surface area contributed by atoms with Gasteiger partial charge in [0.1, 0.15) is 6.67 Å². The Morgan fingerprint density at radius 2 is 2.19 bits per heavy atom. The molecule has 1 aromatic rings. The standard InChI is InChI=1S/C15H19F/c1-4-14-9-8-13(11-16)10-15(14)7-5-6-12(2)3/h4,8-10H,1-2,5-7,11H2,3H3. The molecule has 0 aliphatic carbocycles. The van der Waals surface area contributed by atoms with E-state index in [2.05, 4.69) is 13.2 Å². The van der Waals surface area contributed by atoms with Gasteiger partial charge in [-0.25, -0.2) is 4.39 Å². The van der Waals surface area contributed by atoms with Crippen molar-refractivity contribution >= 4 is 6.08 Å². The maximum Gasteiger partial charge on any atom is 0.115 e. The van der Waals surface area contributed by atoms with Crippen LogP contribution in [0.3, 0.4) is 0 Å². The Morgan fingerprint density at radius 3 is 2.75 bits per heavy atom. The maximum absolute atomic E-state index is 12.6. The molecule has 0 saturated heterocycles. The summed E-state index contributed by atoms with van der Waals surface area (Å²) in [7, 11) is 0. The molecule has 1 rings (SSSR count). The molecule has 0 unspecified atom stereocenters. The highest BCUT2D eigenvalue weighted by Gasteiger charge is 2.02. The molecule has 0 saturated carbocycles. The lowest BCUT2D eigenvalue weighted by Crippen LogP contribution is -1.92. The summed E-state index contributed by atoms with van der Waals surface area (Å²) in [6.07, 6.45) is 4.88. The van der Waals surface area contributed by atoms with Crippen LogP contribution in [-0.4, -0.2) is 0 Å². The highest BCUT2D eigenvalue weighted by Crippen LogP contribution is 2.17.